The molecule has 0 spiro atoms. The predicted molar refractivity (Wildman–Crippen MR) is 107 cm³/mol. The van der Waals surface area contributed by atoms with Crippen LogP contribution in [0.3, 0.4) is 0 Å². The van der Waals surface area contributed by atoms with Gasteiger partial charge in [0, 0.05) is 7.11 Å². The Morgan fingerprint density at radius 3 is 1.71 bits per heavy atom. The maximum atomic E-state index is 6.75. The lowest BCUT2D eigenvalue weighted by molar-refractivity contribution is 0.141. The third-order valence-electron chi connectivity index (χ3n) is 5.04. The predicted octanol–water partition coefficient (Wildman–Crippen LogP) is 6.51. The molecule has 0 fully saturated rings. The largest absolute Gasteiger partial charge is 0.410 e. The molecular weight excluding hydrogens is 312 g/mol. The van der Waals surface area contributed by atoms with Gasteiger partial charge in [0.15, 0.2) is 0 Å². The van der Waals surface area contributed by atoms with Crippen LogP contribution in [0, 0.1) is 0 Å². The van der Waals surface area contributed by atoms with Gasteiger partial charge < -0.3 is 9.16 Å². The molecule has 0 amide bonds. The molecule has 136 valence electrons. The molecule has 0 N–H and O–H groups in total. The second-order valence-electron chi connectivity index (χ2n) is 7.59. The fourth-order valence-corrected chi connectivity index (χ4v) is 9.53. The molecule has 0 aromatic heterocycles. The van der Waals surface area contributed by atoms with Crippen LogP contribution in [-0.2, 0) is 9.16 Å². The van der Waals surface area contributed by atoms with Crippen molar-refractivity contribution in [1.82, 2.24) is 0 Å². The quantitative estimate of drug-likeness (QED) is 0.374. The fourth-order valence-electron chi connectivity index (χ4n) is 4.00. The van der Waals surface area contributed by atoms with Gasteiger partial charge in [-0.05, 0) is 29.1 Å². The van der Waals surface area contributed by atoms with Gasteiger partial charge in [-0.15, -0.1) is 0 Å². The van der Waals surface area contributed by atoms with Gasteiger partial charge in [0.1, 0.15) is 6.10 Å². The van der Waals surface area contributed by atoms with E-state index in [9.17, 15) is 0 Å². The Labute approximate surface area is 150 Å². The van der Waals surface area contributed by atoms with Crippen molar-refractivity contribution >= 4 is 8.32 Å². The van der Waals surface area contributed by atoms with Crippen LogP contribution in [0.4, 0.5) is 0 Å². The fraction of sp³-hybridized carbons (Fsp3) is 0.619. The van der Waals surface area contributed by atoms with E-state index in [-0.39, 0.29) is 12.2 Å². The number of hydrogen-bond donors (Lipinski definition) is 0. The van der Waals surface area contributed by atoms with Crippen molar-refractivity contribution in [2.45, 2.75) is 77.3 Å². The van der Waals surface area contributed by atoms with Crippen LogP contribution in [0.25, 0.3) is 0 Å². The highest BCUT2D eigenvalue weighted by Crippen LogP contribution is 2.43. The van der Waals surface area contributed by atoms with Crippen molar-refractivity contribution in [2.24, 2.45) is 0 Å². The second-order valence-corrected chi connectivity index (χ2v) is 13.0. The first kappa shape index (κ1) is 21.1. The molecule has 0 heterocycles. The minimum absolute atomic E-state index is 0.0227. The van der Waals surface area contributed by atoms with Crippen molar-refractivity contribution in [3.05, 3.63) is 48.0 Å². The van der Waals surface area contributed by atoms with Gasteiger partial charge in [0.05, 0.1) is 6.10 Å². The third-order valence-corrected chi connectivity index (χ3v) is 11.2. The first-order valence-corrected chi connectivity index (χ1v) is 11.3. The Bertz CT molecular complexity index is 472. The van der Waals surface area contributed by atoms with E-state index >= 15 is 0 Å². The number of ether oxygens (including phenoxy) is 1. The van der Waals surface area contributed by atoms with Gasteiger partial charge >= 0.3 is 0 Å². The van der Waals surface area contributed by atoms with E-state index < -0.39 is 8.32 Å². The SMILES string of the molecule is COC(/C=C/[C@H](C)O[Si](C(C)C)(C(C)C)C(C)C)c1ccccc1. The first-order chi connectivity index (χ1) is 11.3. The van der Waals surface area contributed by atoms with Gasteiger partial charge in [-0.1, -0.05) is 84.0 Å². The number of rotatable bonds is 9. The number of methoxy groups -OCH3 is 1. The topological polar surface area (TPSA) is 18.5 Å². The summed E-state index contributed by atoms with van der Waals surface area (Å²) in [5.74, 6) is 0. The summed E-state index contributed by atoms with van der Waals surface area (Å²) in [5.41, 5.74) is 2.96. The van der Waals surface area contributed by atoms with Crippen molar-refractivity contribution in [1.29, 1.82) is 0 Å². The summed E-state index contributed by atoms with van der Waals surface area (Å²) >= 11 is 0. The monoisotopic (exact) mass is 348 g/mol. The average molecular weight is 349 g/mol. The van der Waals surface area contributed by atoms with Crippen molar-refractivity contribution < 1.29 is 9.16 Å². The van der Waals surface area contributed by atoms with E-state index in [1.165, 1.54) is 5.56 Å². The van der Waals surface area contributed by atoms with Crippen molar-refractivity contribution in [3.8, 4) is 0 Å². The molecule has 0 saturated heterocycles. The molecule has 0 radical (unpaired) electrons. The molecule has 1 aromatic rings. The van der Waals surface area contributed by atoms with Crippen molar-refractivity contribution in [2.75, 3.05) is 7.11 Å². The minimum atomic E-state index is -1.84. The van der Waals surface area contributed by atoms with Crippen LogP contribution >= 0.6 is 0 Å². The molecule has 3 heteroatoms. The normalized spacial score (nSPS) is 15.6. The van der Waals surface area contributed by atoms with Crippen molar-refractivity contribution in [3.63, 3.8) is 0 Å². The zero-order valence-corrected chi connectivity index (χ0v) is 17.7. The summed E-state index contributed by atoms with van der Waals surface area (Å²) in [6.45, 7) is 16.1. The van der Waals surface area contributed by atoms with Crippen LogP contribution in [0.1, 0.15) is 60.1 Å². The Hall–Kier alpha value is -0.903. The molecule has 0 bridgehead atoms. The van der Waals surface area contributed by atoms with Gasteiger partial charge in [-0.25, -0.2) is 0 Å². The van der Waals surface area contributed by atoms with E-state index in [0.29, 0.717) is 16.6 Å². The zero-order chi connectivity index (χ0) is 18.3. The first-order valence-electron chi connectivity index (χ1n) is 9.19. The molecule has 2 atom stereocenters. The molecule has 1 rings (SSSR count). The second kappa shape index (κ2) is 9.55. The molecule has 2 nitrogen and oxygen atoms in total. The Morgan fingerprint density at radius 1 is 0.792 bits per heavy atom. The molecule has 0 saturated carbocycles. The molecule has 24 heavy (non-hydrogen) atoms. The summed E-state index contributed by atoms with van der Waals surface area (Å²) in [7, 11) is -0.0913. The van der Waals surface area contributed by atoms with E-state index in [1.54, 1.807) is 7.11 Å². The third kappa shape index (κ3) is 5.04. The molecular formula is C21H36O2Si. The highest BCUT2D eigenvalue weighted by atomic mass is 28.4. The summed E-state index contributed by atoms with van der Waals surface area (Å²) < 4.78 is 12.4. The van der Waals surface area contributed by atoms with Crippen LogP contribution in [0.15, 0.2) is 42.5 Å². The molecule has 0 aliphatic rings. The highest BCUT2D eigenvalue weighted by molar-refractivity contribution is 6.77. The lowest BCUT2D eigenvalue weighted by Gasteiger charge is -2.43. The number of benzene rings is 1. The maximum Gasteiger partial charge on any atom is 0.201 e. The Kier molecular flexibility index (Phi) is 8.41. The summed E-state index contributed by atoms with van der Waals surface area (Å²) in [6.07, 6.45) is 4.37. The van der Waals surface area contributed by atoms with E-state index in [2.05, 4.69) is 72.8 Å². The zero-order valence-electron chi connectivity index (χ0n) is 16.7. The number of hydrogen-bond acceptors (Lipinski definition) is 2. The van der Waals surface area contributed by atoms with Crippen LogP contribution in [-0.4, -0.2) is 21.5 Å². The van der Waals surface area contributed by atoms with Gasteiger partial charge in [-0.3, -0.25) is 0 Å². The minimum Gasteiger partial charge on any atom is -0.410 e. The van der Waals surface area contributed by atoms with Crippen LogP contribution < -0.4 is 0 Å². The molecule has 1 aromatic carbocycles. The highest BCUT2D eigenvalue weighted by Gasteiger charge is 2.45. The maximum absolute atomic E-state index is 6.75. The molecule has 1 unspecified atom stereocenters. The lowest BCUT2D eigenvalue weighted by Crippen LogP contribution is -2.49. The average Bonchev–Trinajstić information content (AvgIpc) is 2.53. The lowest BCUT2D eigenvalue weighted by atomic mass is 10.1. The van der Waals surface area contributed by atoms with Crippen LogP contribution in [0.2, 0.25) is 16.6 Å². The summed E-state index contributed by atoms with van der Waals surface area (Å²) in [5, 5.41) is 0. The van der Waals surface area contributed by atoms with E-state index in [1.807, 2.05) is 18.2 Å². The van der Waals surface area contributed by atoms with Gasteiger partial charge in [-0.2, -0.15) is 0 Å². The van der Waals surface area contributed by atoms with Gasteiger partial charge in [0.25, 0.3) is 0 Å². The molecule has 0 aliphatic heterocycles. The molecule has 0 aliphatic carbocycles. The van der Waals surface area contributed by atoms with E-state index in [4.69, 9.17) is 9.16 Å². The van der Waals surface area contributed by atoms with Crippen LogP contribution in [0.5, 0.6) is 0 Å². The Balaban J connectivity index is 2.90. The van der Waals surface area contributed by atoms with Gasteiger partial charge in [0.2, 0.25) is 8.32 Å². The Morgan fingerprint density at radius 2 is 1.29 bits per heavy atom. The standard InChI is InChI=1S/C21H36O2Si/c1-16(2)24(17(3)4,18(5)6)23-19(7)14-15-21(22-8)20-12-10-9-11-13-20/h9-19,21H,1-8H3/b15-14+/t19-,21?/m0/s1. The summed E-state index contributed by atoms with van der Waals surface area (Å²) in [4.78, 5) is 0. The smallest absolute Gasteiger partial charge is 0.201 e. The summed E-state index contributed by atoms with van der Waals surface area (Å²) in [6, 6.07) is 10.3. The van der Waals surface area contributed by atoms with E-state index in [0.717, 1.165) is 0 Å².